The molecule has 316 valence electrons. The summed E-state index contributed by atoms with van der Waals surface area (Å²) < 4.78 is 78.9. The zero-order valence-electron chi connectivity index (χ0n) is 29.7. The number of primary amides is 1. The average molecular weight is 874 g/mol. The first-order valence-electron chi connectivity index (χ1n) is 16.7. The van der Waals surface area contributed by atoms with E-state index in [0.717, 1.165) is 29.2 Å². The number of nitrogens with zero attached hydrogens (tertiary/aromatic N) is 1. The first-order valence-corrected chi connectivity index (χ1v) is 20.5. The van der Waals surface area contributed by atoms with Gasteiger partial charge in [0.1, 0.15) is 12.1 Å². The van der Waals surface area contributed by atoms with E-state index in [-0.39, 0.29) is 49.2 Å². The minimum atomic E-state index is -5.92. The van der Waals surface area contributed by atoms with E-state index in [1.165, 1.54) is 0 Å². The second-order valence-corrected chi connectivity index (χ2v) is 16.2. The largest absolute Gasteiger partial charge is 0.481 e. The SMILES string of the molecule is NC(=O)N(CCS)C(=O)CCCCCNC(=O)C(Cc1ccc(C(F)(F)P(=O)(O)O)cc1)NC(=O)C(CC(=O)O)NC(=O)Cc1ccc(C(F)(F)P(=O)(O)O)cc1. The quantitative estimate of drug-likeness (QED) is 0.0350. The highest BCUT2D eigenvalue weighted by molar-refractivity contribution is 7.80. The van der Waals surface area contributed by atoms with E-state index in [9.17, 15) is 60.6 Å². The lowest BCUT2D eigenvalue weighted by Crippen LogP contribution is -2.55. The molecule has 18 nitrogen and oxygen atoms in total. The molecule has 0 saturated carbocycles. The van der Waals surface area contributed by atoms with Gasteiger partial charge in [0.05, 0.1) is 12.8 Å². The lowest BCUT2D eigenvalue weighted by Gasteiger charge is -2.23. The molecule has 25 heteroatoms. The summed E-state index contributed by atoms with van der Waals surface area (Å²) in [6.45, 7) is -0.0229. The minimum Gasteiger partial charge on any atom is -0.481 e. The molecule has 0 fully saturated rings. The minimum absolute atomic E-state index is 0.00770. The van der Waals surface area contributed by atoms with Gasteiger partial charge in [-0.25, -0.2) is 4.79 Å². The van der Waals surface area contributed by atoms with Crippen LogP contribution in [0.4, 0.5) is 22.4 Å². The van der Waals surface area contributed by atoms with Gasteiger partial charge in [-0.15, -0.1) is 0 Å². The van der Waals surface area contributed by atoms with Crippen molar-refractivity contribution in [2.75, 3.05) is 18.8 Å². The summed E-state index contributed by atoms with van der Waals surface area (Å²) in [5.74, 6) is -4.99. The first kappa shape index (κ1) is 48.8. The number of carbonyl (C=O) groups is 6. The third kappa shape index (κ3) is 14.5. The number of hydrogen-bond donors (Lipinski definition) is 10. The fourth-order valence-corrected chi connectivity index (χ4v) is 6.21. The number of hydrogen-bond acceptors (Lipinski definition) is 9. The molecule has 2 unspecified atom stereocenters. The highest BCUT2D eigenvalue weighted by Crippen LogP contribution is 2.60. The molecule has 57 heavy (non-hydrogen) atoms. The third-order valence-corrected chi connectivity index (χ3v) is 10.2. The molecule has 6 amide bonds. The number of benzene rings is 2. The lowest BCUT2D eigenvalue weighted by atomic mass is 10.0. The summed E-state index contributed by atoms with van der Waals surface area (Å²) in [5.41, 5.74) is -5.88. The van der Waals surface area contributed by atoms with Crippen molar-refractivity contribution in [1.29, 1.82) is 0 Å². The molecular formula is C32H41F4N5O13P2S. The van der Waals surface area contributed by atoms with Crippen LogP contribution in [0.2, 0.25) is 0 Å². The maximum Gasteiger partial charge on any atom is 0.399 e. The van der Waals surface area contributed by atoms with Crippen LogP contribution in [0.1, 0.15) is 54.4 Å². The van der Waals surface area contributed by atoms with Gasteiger partial charge >= 0.3 is 38.5 Å². The summed E-state index contributed by atoms with van der Waals surface area (Å²) in [7, 11) is -11.8. The Labute approximate surface area is 327 Å². The monoisotopic (exact) mass is 873 g/mol. The van der Waals surface area contributed by atoms with E-state index in [1.54, 1.807) is 0 Å². The average Bonchev–Trinajstić information content (AvgIpc) is 3.10. The molecule has 2 aromatic carbocycles. The predicted molar refractivity (Wildman–Crippen MR) is 195 cm³/mol. The molecule has 0 aromatic heterocycles. The normalized spacial score (nSPS) is 13.2. The summed E-state index contributed by atoms with van der Waals surface area (Å²) in [6.07, 6.45) is -1.20. The molecule has 2 aromatic rings. The maximum absolute atomic E-state index is 14.2. The number of carbonyl (C=O) groups excluding carboxylic acids is 5. The van der Waals surface area contributed by atoms with E-state index in [2.05, 4.69) is 28.6 Å². The van der Waals surface area contributed by atoms with E-state index < -0.39 is 105 Å². The number of thiol groups is 1. The zero-order chi connectivity index (χ0) is 43.4. The number of carboxylic acid groups (broad SMARTS) is 1. The molecule has 10 N–H and O–H groups in total. The highest BCUT2D eigenvalue weighted by atomic mass is 32.1. The number of rotatable bonds is 22. The van der Waals surface area contributed by atoms with Crippen molar-refractivity contribution in [1.82, 2.24) is 20.9 Å². The van der Waals surface area contributed by atoms with Gasteiger partial charge in [-0.2, -0.15) is 30.2 Å². The van der Waals surface area contributed by atoms with Gasteiger partial charge in [-0.05, 0) is 24.0 Å². The molecule has 0 saturated heterocycles. The van der Waals surface area contributed by atoms with Crippen molar-refractivity contribution in [2.24, 2.45) is 5.73 Å². The van der Waals surface area contributed by atoms with E-state index >= 15 is 0 Å². The van der Waals surface area contributed by atoms with Crippen LogP contribution in [-0.2, 0) is 57.3 Å². The van der Waals surface area contributed by atoms with Crippen molar-refractivity contribution < 1.29 is 80.1 Å². The number of nitrogens with two attached hydrogens (primary N) is 1. The standard InChI is InChI=1S/C32H41F4N5O13P2S/c33-31(34,55(49,50)51)21-9-5-19(6-10-21)16-23(28(46)38-13-3-1-2-4-26(43)41(14-15-57)30(37)48)40-29(47)24(18-27(44)45)39-25(42)17-20-7-11-22(12-8-20)32(35,36)56(52,53)54/h5-12,23-24,57H,1-4,13-18H2,(H2,37,48)(H,38,46)(H,39,42)(H,40,47)(H,44,45)(H2,49,50,51)(H2,52,53,54). The number of imide groups is 1. The van der Waals surface area contributed by atoms with E-state index in [1.807, 2.05) is 0 Å². The Bertz CT molecular complexity index is 1870. The van der Waals surface area contributed by atoms with Crippen LogP contribution in [0.25, 0.3) is 0 Å². The second kappa shape index (κ2) is 20.9. The number of unbranched alkanes of at least 4 members (excludes halogenated alkanes) is 2. The zero-order valence-corrected chi connectivity index (χ0v) is 32.4. The van der Waals surface area contributed by atoms with Crippen molar-refractivity contribution in [3.63, 3.8) is 0 Å². The second-order valence-electron chi connectivity index (χ2n) is 12.4. The van der Waals surface area contributed by atoms with Gasteiger partial charge in [0.25, 0.3) is 0 Å². The molecule has 2 rings (SSSR count). The molecule has 0 aliphatic carbocycles. The van der Waals surface area contributed by atoms with Crippen LogP contribution >= 0.6 is 27.8 Å². The maximum atomic E-state index is 14.2. The number of urea groups is 1. The van der Waals surface area contributed by atoms with Gasteiger partial charge in [-0.3, -0.25) is 38.0 Å². The van der Waals surface area contributed by atoms with Crippen molar-refractivity contribution in [2.45, 2.75) is 68.4 Å². The molecule has 0 bridgehead atoms. The molecular weight excluding hydrogens is 832 g/mol. The highest BCUT2D eigenvalue weighted by Gasteiger charge is 2.51. The Morgan fingerprint density at radius 1 is 0.754 bits per heavy atom. The van der Waals surface area contributed by atoms with Gasteiger partial charge in [0, 0.05) is 42.8 Å². The molecule has 0 spiro atoms. The number of amides is 6. The Morgan fingerprint density at radius 2 is 1.26 bits per heavy atom. The summed E-state index contributed by atoms with van der Waals surface area (Å²) >= 11 is 3.97. The number of aliphatic carboxylic acids is 1. The fourth-order valence-electron chi connectivity index (χ4n) is 5.04. The van der Waals surface area contributed by atoms with Gasteiger partial charge in [-0.1, -0.05) is 55.0 Å². The number of nitrogens with one attached hydrogen (secondary N) is 3. The van der Waals surface area contributed by atoms with E-state index in [4.69, 9.17) is 25.3 Å². The summed E-state index contributed by atoms with van der Waals surface area (Å²) in [6, 6.07) is 2.26. The van der Waals surface area contributed by atoms with Crippen LogP contribution in [-0.4, -0.2) is 96.1 Å². The number of alkyl halides is 4. The van der Waals surface area contributed by atoms with Crippen molar-refractivity contribution in [3.05, 3.63) is 70.8 Å². The molecule has 0 radical (unpaired) electrons. The van der Waals surface area contributed by atoms with Crippen LogP contribution in [0.5, 0.6) is 0 Å². The molecule has 0 heterocycles. The van der Waals surface area contributed by atoms with E-state index in [0.29, 0.717) is 30.7 Å². The Balaban J connectivity index is 2.22. The van der Waals surface area contributed by atoms with Crippen LogP contribution < -0.4 is 21.7 Å². The molecule has 0 aliphatic rings. The smallest absolute Gasteiger partial charge is 0.399 e. The number of halogens is 4. The summed E-state index contributed by atoms with van der Waals surface area (Å²) in [5, 5.41) is 16.4. The predicted octanol–water partition coefficient (Wildman–Crippen LogP) is 1.88. The van der Waals surface area contributed by atoms with Crippen molar-refractivity contribution >= 4 is 63.4 Å². The summed E-state index contributed by atoms with van der Waals surface area (Å²) in [4.78, 5) is 112. The Hall–Kier alpha value is -4.37. The van der Waals surface area contributed by atoms with Crippen LogP contribution in [0, 0.1) is 0 Å². The fraction of sp³-hybridized carbons (Fsp3) is 0.438. The molecule has 2 atom stereocenters. The Morgan fingerprint density at radius 3 is 1.72 bits per heavy atom. The van der Waals surface area contributed by atoms with Crippen molar-refractivity contribution in [3.8, 4) is 0 Å². The lowest BCUT2D eigenvalue weighted by molar-refractivity contribution is -0.141. The third-order valence-electron chi connectivity index (χ3n) is 8.06. The molecule has 0 aliphatic heterocycles. The topological polar surface area (TPSA) is 303 Å². The van der Waals surface area contributed by atoms with Gasteiger partial charge < -0.3 is 46.4 Å². The first-order chi connectivity index (χ1) is 26.3. The number of carboxylic acids is 1. The van der Waals surface area contributed by atoms with Crippen LogP contribution in [0.15, 0.2) is 48.5 Å². The van der Waals surface area contributed by atoms with Crippen LogP contribution in [0.3, 0.4) is 0 Å². The van der Waals surface area contributed by atoms with Gasteiger partial charge in [0.2, 0.25) is 23.6 Å². The van der Waals surface area contributed by atoms with Gasteiger partial charge in [0.15, 0.2) is 0 Å². The Kier molecular flexibility index (Phi) is 17.9.